The highest BCUT2D eigenvalue weighted by Crippen LogP contribution is 2.32. The van der Waals surface area contributed by atoms with E-state index in [0.717, 1.165) is 24.3 Å². The lowest BCUT2D eigenvalue weighted by atomic mass is 10.2. The summed E-state index contributed by atoms with van der Waals surface area (Å²) in [5.74, 6) is -0.720. The fraction of sp³-hybridized carbons (Fsp3) is 0.0952. The molecule has 2 N–H and O–H groups in total. The van der Waals surface area contributed by atoms with E-state index in [1.165, 1.54) is 35.2 Å². The number of carbonyl (C=O) groups is 1. The molecule has 0 unspecified atom stereocenters. The summed E-state index contributed by atoms with van der Waals surface area (Å²) < 4.78 is 69.0. The Balaban J connectivity index is 1.63. The van der Waals surface area contributed by atoms with Gasteiger partial charge in [-0.1, -0.05) is 12.1 Å². The quantitative estimate of drug-likeness (QED) is 0.569. The Morgan fingerprint density at radius 2 is 1.34 bits per heavy atom. The molecule has 0 fully saturated rings. The van der Waals surface area contributed by atoms with E-state index in [1.807, 2.05) is 0 Å². The van der Waals surface area contributed by atoms with Crippen LogP contribution in [0.25, 0.3) is 0 Å². The first-order valence-electron chi connectivity index (χ1n) is 9.36. The van der Waals surface area contributed by atoms with Gasteiger partial charge >= 0.3 is 0 Å². The van der Waals surface area contributed by atoms with Gasteiger partial charge in [0.05, 0.1) is 27.6 Å². The van der Waals surface area contributed by atoms with Gasteiger partial charge in [-0.3, -0.25) is 14.2 Å². The average molecular weight is 476 g/mol. The summed E-state index contributed by atoms with van der Waals surface area (Å²) in [4.78, 5) is 13.1. The minimum absolute atomic E-state index is 0.00327. The Morgan fingerprint density at radius 1 is 0.812 bits per heavy atom. The van der Waals surface area contributed by atoms with Crippen molar-refractivity contribution in [1.82, 2.24) is 0 Å². The van der Waals surface area contributed by atoms with Gasteiger partial charge in [0.25, 0.3) is 20.0 Å². The Bertz CT molecular complexity index is 1420. The molecule has 0 saturated carbocycles. The molecule has 32 heavy (non-hydrogen) atoms. The van der Waals surface area contributed by atoms with Gasteiger partial charge in [0.2, 0.25) is 5.91 Å². The van der Waals surface area contributed by atoms with Crippen molar-refractivity contribution in [3.8, 4) is 0 Å². The molecule has 0 aromatic heterocycles. The van der Waals surface area contributed by atoms with Gasteiger partial charge in [0.1, 0.15) is 5.82 Å². The van der Waals surface area contributed by atoms with Crippen molar-refractivity contribution in [2.45, 2.75) is 16.2 Å². The van der Waals surface area contributed by atoms with Crippen molar-refractivity contribution in [3.05, 3.63) is 78.1 Å². The normalized spacial score (nSPS) is 13.7. The molecule has 8 nitrogen and oxygen atoms in total. The number of rotatable bonds is 6. The third kappa shape index (κ3) is 4.16. The van der Waals surface area contributed by atoms with Crippen LogP contribution in [0.3, 0.4) is 0 Å². The highest BCUT2D eigenvalue weighted by atomic mass is 32.2. The molecule has 0 spiro atoms. The zero-order valence-electron chi connectivity index (χ0n) is 16.7. The summed E-state index contributed by atoms with van der Waals surface area (Å²) in [6.45, 7) is 0. The highest BCUT2D eigenvalue weighted by molar-refractivity contribution is 7.93. The Labute approximate surface area is 184 Å². The smallest absolute Gasteiger partial charge is 0.261 e. The van der Waals surface area contributed by atoms with Crippen molar-refractivity contribution >= 4 is 43.0 Å². The number of hydrogen-bond acceptors (Lipinski definition) is 5. The van der Waals surface area contributed by atoms with Crippen molar-refractivity contribution in [2.75, 3.05) is 21.4 Å². The number of fused-ring (bicyclic) bond motifs is 1. The predicted molar refractivity (Wildman–Crippen MR) is 118 cm³/mol. The summed E-state index contributed by atoms with van der Waals surface area (Å²) in [6.07, 6.45) is 0.100. The van der Waals surface area contributed by atoms with Crippen LogP contribution in [0.5, 0.6) is 0 Å². The maximum absolute atomic E-state index is 13.1. The number of anilines is 3. The number of hydrogen-bond donors (Lipinski definition) is 2. The van der Waals surface area contributed by atoms with Crippen LogP contribution in [-0.2, 0) is 31.3 Å². The number of amides is 1. The molecule has 3 aromatic carbocycles. The molecular weight excluding hydrogens is 457 g/mol. The minimum Gasteiger partial charge on any atom is -0.315 e. The van der Waals surface area contributed by atoms with E-state index in [4.69, 9.17) is 0 Å². The molecule has 0 bridgehead atoms. The second-order valence-electron chi connectivity index (χ2n) is 7.13. The Hall–Kier alpha value is -3.44. The van der Waals surface area contributed by atoms with Crippen molar-refractivity contribution in [1.29, 1.82) is 0 Å². The lowest BCUT2D eigenvalue weighted by molar-refractivity contribution is -0.117. The molecule has 0 atom stereocenters. The van der Waals surface area contributed by atoms with E-state index in [9.17, 15) is 26.0 Å². The number of nitrogens with zero attached hydrogens (tertiary/aromatic N) is 1. The largest absolute Gasteiger partial charge is 0.315 e. The van der Waals surface area contributed by atoms with Crippen molar-refractivity contribution in [3.63, 3.8) is 0 Å². The standard InChI is InChI=1S/C21H18FN3O5S2/c1-25-20-11-10-17(12-14(20)13-21(25)26)32(29,30)24-19-5-3-2-4-18(19)23-31(27,28)16-8-6-15(22)7-9-16/h2-12,23-24H,13H2,1H3. The first-order valence-corrected chi connectivity index (χ1v) is 12.3. The first-order chi connectivity index (χ1) is 15.1. The summed E-state index contributed by atoms with van der Waals surface area (Å²) in [5.41, 5.74) is 1.23. The van der Waals surface area contributed by atoms with Gasteiger partial charge in [-0.05, 0) is 60.2 Å². The van der Waals surface area contributed by atoms with E-state index in [1.54, 1.807) is 19.2 Å². The number of likely N-dealkylation sites (N-methyl/N-ethyl adjacent to an activating group) is 1. The van der Waals surface area contributed by atoms with Crippen LogP contribution < -0.4 is 14.3 Å². The van der Waals surface area contributed by atoms with Gasteiger partial charge in [-0.2, -0.15) is 0 Å². The molecule has 3 aromatic rings. The van der Waals surface area contributed by atoms with Gasteiger partial charge in [0, 0.05) is 12.7 Å². The molecule has 1 aliphatic heterocycles. The number of carbonyl (C=O) groups excluding carboxylic acids is 1. The molecule has 4 rings (SSSR count). The molecule has 11 heteroatoms. The molecular formula is C21H18FN3O5S2. The fourth-order valence-corrected chi connectivity index (χ4v) is 5.51. The second-order valence-corrected chi connectivity index (χ2v) is 10.5. The maximum atomic E-state index is 13.1. The van der Waals surface area contributed by atoms with Crippen LogP contribution in [-0.4, -0.2) is 29.8 Å². The zero-order chi connectivity index (χ0) is 23.1. The Kier molecular flexibility index (Phi) is 5.39. The summed E-state index contributed by atoms with van der Waals surface area (Å²) in [7, 11) is -6.55. The third-order valence-corrected chi connectivity index (χ3v) is 7.72. The number of halogens is 1. The lowest BCUT2D eigenvalue weighted by Crippen LogP contribution is -2.20. The van der Waals surface area contributed by atoms with Crippen LogP contribution >= 0.6 is 0 Å². The molecule has 0 radical (unpaired) electrons. The van der Waals surface area contributed by atoms with E-state index >= 15 is 0 Å². The Morgan fingerprint density at radius 3 is 1.94 bits per heavy atom. The van der Waals surface area contributed by atoms with Crippen molar-refractivity contribution < 1.29 is 26.0 Å². The molecule has 1 amide bonds. The molecule has 0 aliphatic carbocycles. The van der Waals surface area contributed by atoms with Crippen LogP contribution in [0.4, 0.5) is 21.5 Å². The number of benzene rings is 3. The minimum atomic E-state index is -4.09. The monoisotopic (exact) mass is 475 g/mol. The lowest BCUT2D eigenvalue weighted by Gasteiger charge is -2.15. The van der Waals surface area contributed by atoms with E-state index in [-0.39, 0.29) is 33.5 Å². The topological polar surface area (TPSA) is 113 Å². The summed E-state index contributed by atoms with van der Waals surface area (Å²) >= 11 is 0. The van der Waals surface area contributed by atoms with Gasteiger partial charge in [0.15, 0.2) is 0 Å². The number of para-hydroxylation sites is 2. The molecule has 1 aliphatic rings. The number of nitrogens with one attached hydrogen (secondary N) is 2. The average Bonchev–Trinajstić information content (AvgIpc) is 3.02. The molecule has 166 valence electrons. The predicted octanol–water partition coefficient (Wildman–Crippen LogP) is 2.95. The van der Waals surface area contributed by atoms with Crippen LogP contribution in [0.2, 0.25) is 0 Å². The van der Waals surface area contributed by atoms with Crippen LogP contribution in [0, 0.1) is 5.82 Å². The molecule has 0 saturated heterocycles. The third-order valence-electron chi connectivity index (χ3n) is 4.98. The summed E-state index contributed by atoms with van der Waals surface area (Å²) in [5, 5.41) is 0. The zero-order valence-corrected chi connectivity index (χ0v) is 18.4. The maximum Gasteiger partial charge on any atom is 0.261 e. The van der Waals surface area contributed by atoms with Crippen LogP contribution in [0.1, 0.15) is 5.56 Å². The van der Waals surface area contributed by atoms with Crippen molar-refractivity contribution in [2.24, 2.45) is 0 Å². The highest BCUT2D eigenvalue weighted by Gasteiger charge is 2.27. The SMILES string of the molecule is CN1C(=O)Cc2cc(S(=O)(=O)Nc3ccccc3NS(=O)(=O)c3ccc(F)cc3)ccc21. The van der Waals surface area contributed by atoms with E-state index in [2.05, 4.69) is 9.44 Å². The summed E-state index contributed by atoms with van der Waals surface area (Å²) in [6, 6.07) is 14.5. The molecule has 1 heterocycles. The number of sulfonamides is 2. The fourth-order valence-electron chi connectivity index (χ4n) is 3.30. The van der Waals surface area contributed by atoms with Gasteiger partial charge < -0.3 is 4.90 Å². The van der Waals surface area contributed by atoms with E-state index in [0.29, 0.717) is 11.3 Å². The van der Waals surface area contributed by atoms with Crippen LogP contribution in [0.15, 0.2) is 76.5 Å². The second kappa shape index (κ2) is 7.92. The van der Waals surface area contributed by atoms with Gasteiger partial charge in [-0.25, -0.2) is 21.2 Å². The van der Waals surface area contributed by atoms with Gasteiger partial charge in [-0.15, -0.1) is 0 Å². The first kappa shape index (κ1) is 21.8. The van der Waals surface area contributed by atoms with E-state index < -0.39 is 25.9 Å².